The highest BCUT2D eigenvalue weighted by Crippen LogP contribution is 2.37. The third-order valence-electron chi connectivity index (χ3n) is 5.82. The molecule has 2 aliphatic rings. The van der Waals surface area contributed by atoms with Crippen molar-refractivity contribution in [1.82, 2.24) is 9.80 Å². The van der Waals surface area contributed by atoms with Gasteiger partial charge < -0.3 is 9.64 Å². The molecule has 0 radical (unpaired) electrons. The van der Waals surface area contributed by atoms with Gasteiger partial charge in [0.15, 0.2) is 0 Å². The Morgan fingerprint density at radius 2 is 1.76 bits per heavy atom. The lowest BCUT2D eigenvalue weighted by Gasteiger charge is -2.49. The van der Waals surface area contributed by atoms with Crippen LogP contribution in [0.4, 0.5) is 4.79 Å². The van der Waals surface area contributed by atoms with Crippen molar-refractivity contribution >= 4 is 6.09 Å². The quantitative estimate of drug-likeness (QED) is 0.722. The lowest BCUT2D eigenvalue weighted by molar-refractivity contribution is 0.00418. The van der Waals surface area contributed by atoms with Crippen LogP contribution in [-0.2, 0) is 4.74 Å². The summed E-state index contributed by atoms with van der Waals surface area (Å²) in [5.74, 6) is 1.56. The number of hydrogen-bond donors (Lipinski definition) is 0. The lowest BCUT2D eigenvalue weighted by atomic mass is 9.80. The number of likely N-dealkylation sites (tertiary alicyclic amines) is 2. The number of piperidine rings is 1. The SMILES string of the molecule is CCCC1(N2CC(C)CC(C)C2)CCCN(C(=O)OC(C)(C)C)CC1. The molecule has 25 heavy (non-hydrogen) atoms. The van der Waals surface area contributed by atoms with Crippen LogP contribution < -0.4 is 0 Å². The first-order valence-corrected chi connectivity index (χ1v) is 10.4. The zero-order valence-corrected chi connectivity index (χ0v) is 17.4. The number of ether oxygens (including phenoxy) is 1. The average molecular weight is 353 g/mol. The van der Waals surface area contributed by atoms with E-state index >= 15 is 0 Å². The van der Waals surface area contributed by atoms with Crippen molar-refractivity contribution in [3.8, 4) is 0 Å². The van der Waals surface area contributed by atoms with Gasteiger partial charge in [-0.3, -0.25) is 4.90 Å². The Balaban J connectivity index is 2.08. The van der Waals surface area contributed by atoms with Crippen molar-refractivity contribution < 1.29 is 9.53 Å². The summed E-state index contributed by atoms with van der Waals surface area (Å²) in [6, 6.07) is 0. The van der Waals surface area contributed by atoms with Crippen LogP contribution in [0.1, 0.15) is 80.1 Å². The second-order valence-electron chi connectivity index (χ2n) is 9.65. The molecule has 2 fully saturated rings. The van der Waals surface area contributed by atoms with E-state index in [0.717, 1.165) is 37.8 Å². The van der Waals surface area contributed by atoms with Crippen LogP contribution in [0.3, 0.4) is 0 Å². The van der Waals surface area contributed by atoms with Gasteiger partial charge in [0.1, 0.15) is 5.60 Å². The van der Waals surface area contributed by atoms with Gasteiger partial charge in [-0.1, -0.05) is 27.2 Å². The molecule has 0 N–H and O–H groups in total. The van der Waals surface area contributed by atoms with Crippen LogP contribution in [0.25, 0.3) is 0 Å². The molecule has 0 bridgehead atoms. The second-order valence-corrected chi connectivity index (χ2v) is 9.65. The molecule has 0 spiro atoms. The molecule has 2 saturated heterocycles. The van der Waals surface area contributed by atoms with E-state index in [9.17, 15) is 4.79 Å². The first-order chi connectivity index (χ1) is 11.6. The minimum absolute atomic E-state index is 0.139. The summed E-state index contributed by atoms with van der Waals surface area (Å²) < 4.78 is 5.61. The Morgan fingerprint density at radius 1 is 1.12 bits per heavy atom. The molecule has 0 saturated carbocycles. The van der Waals surface area contributed by atoms with Crippen LogP contribution in [0.2, 0.25) is 0 Å². The topological polar surface area (TPSA) is 32.8 Å². The largest absolute Gasteiger partial charge is 0.444 e. The van der Waals surface area contributed by atoms with Gasteiger partial charge in [0.05, 0.1) is 0 Å². The van der Waals surface area contributed by atoms with E-state index in [4.69, 9.17) is 4.74 Å². The molecule has 2 aliphatic heterocycles. The number of nitrogens with zero attached hydrogens (tertiary/aromatic N) is 2. The molecule has 2 rings (SSSR count). The second kappa shape index (κ2) is 8.28. The number of carbonyl (C=O) groups excluding carboxylic acids is 1. The summed E-state index contributed by atoms with van der Waals surface area (Å²) >= 11 is 0. The molecule has 3 unspecified atom stereocenters. The zero-order valence-electron chi connectivity index (χ0n) is 17.4. The van der Waals surface area contributed by atoms with Crippen molar-refractivity contribution in [2.75, 3.05) is 26.2 Å². The van der Waals surface area contributed by atoms with E-state index in [0.29, 0.717) is 0 Å². The standard InChI is InChI=1S/C21H40N2O2/c1-7-9-21(23-15-17(2)14-18(3)16-23)10-8-12-22(13-11-21)19(24)25-20(4,5)6/h17-18H,7-16H2,1-6H3. The summed E-state index contributed by atoms with van der Waals surface area (Å²) in [5, 5.41) is 0. The number of carbonyl (C=O) groups is 1. The number of hydrogen-bond acceptors (Lipinski definition) is 3. The van der Waals surface area contributed by atoms with Crippen LogP contribution in [0.5, 0.6) is 0 Å². The van der Waals surface area contributed by atoms with Crippen molar-refractivity contribution in [3.05, 3.63) is 0 Å². The molecule has 0 aromatic rings. The Labute approximate surface area is 155 Å². The maximum atomic E-state index is 12.5. The fraction of sp³-hybridized carbons (Fsp3) is 0.952. The molecule has 3 atom stereocenters. The predicted molar refractivity (Wildman–Crippen MR) is 104 cm³/mol. The van der Waals surface area contributed by atoms with Gasteiger partial charge in [-0.15, -0.1) is 0 Å². The van der Waals surface area contributed by atoms with Gasteiger partial charge in [0.2, 0.25) is 0 Å². The van der Waals surface area contributed by atoms with E-state index < -0.39 is 5.60 Å². The molecule has 1 amide bonds. The van der Waals surface area contributed by atoms with Crippen molar-refractivity contribution in [2.45, 2.75) is 91.2 Å². The van der Waals surface area contributed by atoms with Crippen molar-refractivity contribution in [1.29, 1.82) is 0 Å². The van der Waals surface area contributed by atoms with E-state index in [2.05, 4.69) is 25.7 Å². The van der Waals surface area contributed by atoms with E-state index in [-0.39, 0.29) is 11.6 Å². The summed E-state index contributed by atoms with van der Waals surface area (Å²) in [5.41, 5.74) is -0.143. The van der Waals surface area contributed by atoms with Crippen molar-refractivity contribution in [2.24, 2.45) is 11.8 Å². The highest BCUT2D eigenvalue weighted by Gasteiger charge is 2.41. The third kappa shape index (κ3) is 5.60. The van der Waals surface area contributed by atoms with E-state index in [1.807, 2.05) is 25.7 Å². The maximum absolute atomic E-state index is 12.5. The van der Waals surface area contributed by atoms with Crippen LogP contribution in [-0.4, -0.2) is 53.2 Å². The predicted octanol–water partition coefficient (Wildman–Crippen LogP) is 4.92. The third-order valence-corrected chi connectivity index (χ3v) is 5.82. The Kier molecular flexibility index (Phi) is 6.80. The summed E-state index contributed by atoms with van der Waals surface area (Å²) in [6.07, 6.45) is 7.04. The van der Waals surface area contributed by atoms with E-state index in [1.165, 1.54) is 38.8 Å². The lowest BCUT2D eigenvalue weighted by Crippen LogP contribution is -2.54. The Hall–Kier alpha value is -0.770. The van der Waals surface area contributed by atoms with Crippen molar-refractivity contribution in [3.63, 3.8) is 0 Å². The fourth-order valence-corrected chi connectivity index (χ4v) is 4.93. The highest BCUT2D eigenvalue weighted by molar-refractivity contribution is 5.68. The van der Waals surface area contributed by atoms with Gasteiger partial charge in [0.25, 0.3) is 0 Å². The first kappa shape index (κ1) is 20.5. The molecule has 0 aromatic heterocycles. The summed E-state index contributed by atoms with van der Waals surface area (Å²) in [4.78, 5) is 17.2. The maximum Gasteiger partial charge on any atom is 0.410 e. The van der Waals surface area contributed by atoms with Gasteiger partial charge >= 0.3 is 6.09 Å². The van der Waals surface area contributed by atoms with Gasteiger partial charge in [0, 0.05) is 31.7 Å². The molecular formula is C21H40N2O2. The zero-order chi connectivity index (χ0) is 18.7. The highest BCUT2D eigenvalue weighted by atomic mass is 16.6. The molecule has 146 valence electrons. The molecule has 0 aliphatic carbocycles. The average Bonchev–Trinajstić information content (AvgIpc) is 2.68. The molecular weight excluding hydrogens is 312 g/mol. The van der Waals surface area contributed by atoms with Gasteiger partial charge in [-0.25, -0.2) is 4.79 Å². The number of rotatable bonds is 3. The number of amides is 1. The fourth-order valence-electron chi connectivity index (χ4n) is 4.93. The van der Waals surface area contributed by atoms with Crippen LogP contribution in [0, 0.1) is 11.8 Å². The molecule has 0 aromatic carbocycles. The molecule has 2 heterocycles. The normalized spacial score (nSPS) is 32.3. The smallest absolute Gasteiger partial charge is 0.410 e. The summed E-state index contributed by atoms with van der Waals surface area (Å²) in [7, 11) is 0. The molecule has 4 heteroatoms. The van der Waals surface area contributed by atoms with Crippen LogP contribution in [0.15, 0.2) is 0 Å². The minimum Gasteiger partial charge on any atom is -0.444 e. The Bertz CT molecular complexity index is 436. The Morgan fingerprint density at radius 3 is 2.32 bits per heavy atom. The van der Waals surface area contributed by atoms with Crippen LogP contribution >= 0.6 is 0 Å². The van der Waals surface area contributed by atoms with Gasteiger partial charge in [-0.05, 0) is 64.7 Å². The van der Waals surface area contributed by atoms with E-state index in [1.54, 1.807) is 0 Å². The first-order valence-electron chi connectivity index (χ1n) is 10.4. The molecule has 4 nitrogen and oxygen atoms in total. The monoisotopic (exact) mass is 352 g/mol. The summed E-state index contributed by atoms with van der Waals surface area (Å²) in [6.45, 7) is 17.0. The minimum atomic E-state index is -0.415. The van der Waals surface area contributed by atoms with Gasteiger partial charge in [-0.2, -0.15) is 0 Å².